The lowest BCUT2D eigenvalue weighted by atomic mass is 10.0. The van der Waals surface area contributed by atoms with E-state index in [0.717, 1.165) is 24.7 Å². The number of carboxylic acid groups (broad SMARTS) is 1. The summed E-state index contributed by atoms with van der Waals surface area (Å²) in [5, 5.41) is 26.6. The Morgan fingerprint density at radius 2 is 2.25 bits per heavy atom. The normalized spacial score (nSPS) is 20.2. The molecule has 1 fully saturated rings. The first-order valence-corrected chi connectivity index (χ1v) is 7.68. The Morgan fingerprint density at radius 1 is 1.45 bits per heavy atom. The molecule has 8 heteroatoms. The molecular formula is C12H20N4O3S. The minimum Gasteiger partial charge on any atom is -0.481 e. The summed E-state index contributed by atoms with van der Waals surface area (Å²) in [6.07, 6.45) is 3.51. The maximum absolute atomic E-state index is 10.7. The first kappa shape index (κ1) is 15.3. The minimum atomic E-state index is -0.884. The van der Waals surface area contributed by atoms with Crippen LogP contribution in [0.1, 0.15) is 25.1 Å². The van der Waals surface area contributed by atoms with E-state index in [1.54, 1.807) is 0 Å². The van der Waals surface area contributed by atoms with Crippen LogP contribution in [-0.4, -0.2) is 61.2 Å². The smallest absolute Gasteiger partial charge is 0.313 e. The standard InChI is InChI=1S/C12H20N4O3S/c1-15-5-3-2-4-9(15)6-16-10(7-17)13-14-12(16)20-8-11(18)19/h9,17H,2-8H2,1H3,(H,18,19). The van der Waals surface area contributed by atoms with Crippen LogP contribution < -0.4 is 0 Å². The van der Waals surface area contributed by atoms with Gasteiger partial charge in [-0.1, -0.05) is 18.2 Å². The van der Waals surface area contributed by atoms with E-state index in [9.17, 15) is 9.90 Å². The van der Waals surface area contributed by atoms with E-state index in [0.29, 0.717) is 23.6 Å². The number of likely N-dealkylation sites (N-methyl/N-ethyl adjacent to an activating group) is 1. The molecule has 1 aromatic rings. The molecule has 20 heavy (non-hydrogen) atoms. The fourth-order valence-corrected chi connectivity index (χ4v) is 3.12. The zero-order valence-corrected chi connectivity index (χ0v) is 12.3. The molecule has 0 radical (unpaired) electrons. The fraction of sp³-hybridized carbons (Fsp3) is 0.750. The Morgan fingerprint density at radius 3 is 2.90 bits per heavy atom. The fourth-order valence-electron chi connectivity index (χ4n) is 2.44. The van der Waals surface area contributed by atoms with Crippen LogP contribution in [0.5, 0.6) is 0 Å². The van der Waals surface area contributed by atoms with Gasteiger partial charge >= 0.3 is 5.97 Å². The molecule has 0 aliphatic carbocycles. The van der Waals surface area contributed by atoms with Gasteiger partial charge in [-0.2, -0.15) is 0 Å². The number of carboxylic acids is 1. The molecule has 0 aromatic carbocycles. The van der Waals surface area contributed by atoms with Crippen molar-refractivity contribution in [1.29, 1.82) is 0 Å². The van der Waals surface area contributed by atoms with E-state index in [1.807, 2.05) is 4.57 Å². The number of aliphatic hydroxyl groups is 1. The van der Waals surface area contributed by atoms with Crippen molar-refractivity contribution in [2.45, 2.75) is 43.6 Å². The Bertz CT molecular complexity index is 466. The third kappa shape index (κ3) is 3.71. The monoisotopic (exact) mass is 300 g/mol. The van der Waals surface area contributed by atoms with E-state index in [-0.39, 0.29) is 12.4 Å². The van der Waals surface area contributed by atoms with Crippen LogP contribution in [0.3, 0.4) is 0 Å². The number of rotatable bonds is 6. The molecule has 1 atom stereocenters. The highest BCUT2D eigenvalue weighted by atomic mass is 32.2. The zero-order valence-electron chi connectivity index (χ0n) is 11.5. The van der Waals surface area contributed by atoms with Gasteiger partial charge in [-0.05, 0) is 26.4 Å². The number of nitrogens with zero attached hydrogens (tertiary/aromatic N) is 4. The van der Waals surface area contributed by atoms with Crippen molar-refractivity contribution >= 4 is 17.7 Å². The van der Waals surface area contributed by atoms with E-state index in [4.69, 9.17) is 5.11 Å². The van der Waals surface area contributed by atoms with Crippen molar-refractivity contribution in [3.63, 3.8) is 0 Å². The van der Waals surface area contributed by atoms with Gasteiger partial charge in [0.2, 0.25) is 0 Å². The van der Waals surface area contributed by atoms with Gasteiger partial charge in [0, 0.05) is 12.6 Å². The second-order valence-electron chi connectivity index (χ2n) is 4.98. The van der Waals surface area contributed by atoms with E-state index < -0.39 is 5.97 Å². The van der Waals surface area contributed by atoms with Crippen LogP contribution in [0.15, 0.2) is 5.16 Å². The summed E-state index contributed by atoms with van der Waals surface area (Å²) in [5.74, 6) is -0.439. The van der Waals surface area contributed by atoms with Gasteiger partial charge in [0.15, 0.2) is 11.0 Å². The molecule has 0 amide bonds. The minimum absolute atomic E-state index is 0.0515. The number of aromatic nitrogens is 3. The number of aliphatic hydroxyl groups excluding tert-OH is 1. The maximum atomic E-state index is 10.7. The number of carbonyl (C=O) groups is 1. The lowest BCUT2D eigenvalue weighted by Gasteiger charge is -2.33. The number of aliphatic carboxylic acids is 1. The summed E-state index contributed by atoms with van der Waals surface area (Å²) < 4.78 is 1.85. The zero-order chi connectivity index (χ0) is 14.5. The van der Waals surface area contributed by atoms with Crippen LogP contribution in [0.4, 0.5) is 0 Å². The molecule has 0 spiro atoms. The first-order valence-electron chi connectivity index (χ1n) is 6.69. The van der Waals surface area contributed by atoms with E-state index in [1.165, 1.54) is 12.8 Å². The number of thioether (sulfide) groups is 1. The molecule has 1 aromatic heterocycles. The lowest BCUT2D eigenvalue weighted by Crippen LogP contribution is -2.39. The molecule has 2 N–H and O–H groups in total. The van der Waals surface area contributed by atoms with E-state index in [2.05, 4.69) is 22.1 Å². The Kier molecular flexibility index (Phi) is 5.38. The molecule has 0 bridgehead atoms. The van der Waals surface area contributed by atoms with Gasteiger partial charge in [-0.3, -0.25) is 4.79 Å². The highest BCUT2D eigenvalue weighted by molar-refractivity contribution is 7.99. The van der Waals surface area contributed by atoms with Crippen molar-refractivity contribution in [2.24, 2.45) is 0 Å². The summed E-state index contributed by atoms with van der Waals surface area (Å²) in [7, 11) is 2.09. The maximum Gasteiger partial charge on any atom is 0.313 e. The first-order chi connectivity index (χ1) is 9.61. The second kappa shape index (κ2) is 7.05. The topological polar surface area (TPSA) is 91.5 Å². The summed E-state index contributed by atoms with van der Waals surface area (Å²) >= 11 is 1.14. The molecule has 1 aliphatic heterocycles. The Hall–Kier alpha value is -1.12. The molecule has 1 unspecified atom stereocenters. The largest absolute Gasteiger partial charge is 0.481 e. The van der Waals surface area contributed by atoms with Crippen LogP contribution in [0.2, 0.25) is 0 Å². The number of likely N-dealkylation sites (tertiary alicyclic amines) is 1. The molecule has 1 saturated heterocycles. The number of piperidine rings is 1. The van der Waals surface area contributed by atoms with Crippen LogP contribution in [0, 0.1) is 0 Å². The average molecular weight is 300 g/mol. The summed E-state index contributed by atoms with van der Waals surface area (Å²) in [6.45, 7) is 1.58. The molecule has 0 saturated carbocycles. The molecule has 7 nitrogen and oxygen atoms in total. The van der Waals surface area contributed by atoms with Gasteiger partial charge in [0.1, 0.15) is 6.61 Å². The average Bonchev–Trinajstić information content (AvgIpc) is 2.81. The van der Waals surface area contributed by atoms with Crippen molar-refractivity contribution in [2.75, 3.05) is 19.3 Å². The quantitative estimate of drug-likeness (QED) is 0.736. The van der Waals surface area contributed by atoms with Gasteiger partial charge in [-0.25, -0.2) is 0 Å². The van der Waals surface area contributed by atoms with Gasteiger partial charge in [0.05, 0.1) is 5.75 Å². The predicted octanol–water partition coefficient (Wildman–Crippen LogP) is 0.431. The molecule has 112 valence electrons. The molecule has 2 rings (SSSR count). The highest BCUT2D eigenvalue weighted by Crippen LogP contribution is 2.22. The van der Waals surface area contributed by atoms with E-state index >= 15 is 0 Å². The van der Waals surface area contributed by atoms with Crippen molar-refractivity contribution < 1.29 is 15.0 Å². The van der Waals surface area contributed by atoms with Gasteiger partial charge in [-0.15, -0.1) is 10.2 Å². The third-order valence-electron chi connectivity index (χ3n) is 3.57. The Labute approximate surface area is 122 Å². The second-order valence-corrected chi connectivity index (χ2v) is 5.92. The third-order valence-corrected chi connectivity index (χ3v) is 4.53. The number of hydrogen-bond acceptors (Lipinski definition) is 6. The van der Waals surface area contributed by atoms with Crippen LogP contribution >= 0.6 is 11.8 Å². The highest BCUT2D eigenvalue weighted by Gasteiger charge is 2.22. The number of hydrogen-bond donors (Lipinski definition) is 2. The lowest BCUT2D eigenvalue weighted by molar-refractivity contribution is -0.133. The Balaban J connectivity index is 2.11. The summed E-state index contributed by atoms with van der Waals surface area (Å²) in [5.41, 5.74) is 0. The summed E-state index contributed by atoms with van der Waals surface area (Å²) in [4.78, 5) is 13.0. The SMILES string of the molecule is CN1CCCCC1Cn1c(CO)nnc1SCC(=O)O. The molecule has 2 heterocycles. The van der Waals surface area contributed by atoms with Gasteiger partial charge in [0.25, 0.3) is 0 Å². The van der Waals surface area contributed by atoms with Crippen molar-refractivity contribution in [3.05, 3.63) is 5.82 Å². The summed E-state index contributed by atoms with van der Waals surface area (Å²) in [6, 6.07) is 0.384. The predicted molar refractivity (Wildman–Crippen MR) is 74.6 cm³/mol. The van der Waals surface area contributed by atoms with Crippen LogP contribution in [0.25, 0.3) is 0 Å². The molecule has 1 aliphatic rings. The molecular weight excluding hydrogens is 280 g/mol. The van der Waals surface area contributed by atoms with Crippen LogP contribution in [-0.2, 0) is 17.9 Å². The van der Waals surface area contributed by atoms with Crippen molar-refractivity contribution in [1.82, 2.24) is 19.7 Å². The van der Waals surface area contributed by atoms with Gasteiger partial charge < -0.3 is 19.7 Å². The van der Waals surface area contributed by atoms with Crippen molar-refractivity contribution in [3.8, 4) is 0 Å².